The summed E-state index contributed by atoms with van der Waals surface area (Å²) in [5.74, 6) is -1.11. The lowest BCUT2D eigenvalue weighted by atomic mass is 10.0. The Morgan fingerprint density at radius 2 is 1.61 bits per heavy atom. The molecule has 1 aromatic heterocycles. The third-order valence-electron chi connectivity index (χ3n) is 3.93. The van der Waals surface area contributed by atoms with Crippen molar-refractivity contribution in [3.63, 3.8) is 0 Å². The van der Waals surface area contributed by atoms with Gasteiger partial charge in [-0.3, -0.25) is 10.1 Å². The molecule has 3 nitrogen and oxygen atoms in total. The summed E-state index contributed by atoms with van der Waals surface area (Å²) in [7, 11) is 0. The van der Waals surface area contributed by atoms with Crippen LogP contribution in [0.1, 0.15) is 34.0 Å². The molecule has 0 saturated heterocycles. The maximum Gasteiger partial charge on any atom is 0.416 e. The number of alkyl halides is 6. The number of thiazole rings is 1. The average molecular weight is 418 g/mol. The predicted octanol–water partition coefficient (Wildman–Crippen LogP) is 6.15. The van der Waals surface area contributed by atoms with Crippen LogP contribution in [0.25, 0.3) is 10.2 Å². The number of nitrogens with zero attached hydrogens (tertiary/aromatic N) is 1. The normalized spacial score (nSPS) is 12.4. The summed E-state index contributed by atoms with van der Waals surface area (Å²) in [5.41, 5.74) is -2.26. The highest BCUT2D eigenvalue weighted by molar-refractivity contribution is 7.22. The van der Waals surface area contributed by atoms with Gasteiger partial charge in [0.25, 0.3) is 5.91 Å². The average Bonchev–Trinajstić information content (AvgIpc) is 3.00. The second kappa shape index (κ2) is 7.08. The number of aryl methyl sites for hydroxylation is 1. The lowest BCUT2D eigenvalue weighted by molar-refractivity contribution is -0.143. The van der Waals surface area contributed by atoms with Crippen molar-refractivity contribution in [1.29, 1.82) is 0 Å². The molecule has 0 bridgehead atoms. The summed E-state index contributed by atoms with van der Waals surface area (Å²) in [6.07, 6.45) is -9.27. The van der Waals surface area contributed by atoms with E-state index in [0.29, 0.717) is 17.6 Å². The van der Waals surface area contributed by atoms with Gasteiger partial charge in [0.1, 0.15) is 0 Å². The zero-order valence-electron chi connectivity index (χ0n) is 14.2. The van der Waals surface area contributed by atoms with E-state index < -0.39 is 35.0 Å². The van der Waals surface area contributed by atoms with E-state index >= 15 is 0 Å². The topological polar surface area (TPSA) is 42.0 Å². The molecule has 148 valence electrons. The Morgan fingerprint density at radius 3 is 2.14 bits per heavy atom. The van der Waals surface area contributed by atoms with Gasteiger partial charge in [0.05, 0.1) is 21.3 Å². The number of anilines is 1. The van der Waals surface area contributed by atoms with E-state index in [0.717, 1.165) is 28.0 Å². The number of fused-ring (bicyclic) bond motifs is 1. The molecule has 0 aliphatic carbocycles. The molecule has 3 rings (SSSR count). The van der Waals surface area contributed by atoms with Crippen molar-refractivity contribution < 1.29 is 31.1 Å². The zero-order valence-corrected chi connectivity index (χ0v) is 15.0. The van der Waals surface area contributed by atoms with E-state index in [1.807, 2.05) is 19.1 Å². The molecule has 28 heavy (non-hydrogen) atoms. The Kier molecular flexibility index (Phi) is 5.09. The summed E-state index contributed by atoms with van der Waals surface area (Å²) in [4.78, 5) is 16.4. The molecular weight excluding hydrogens is 406 g/mol. The number of nitrogens with one attached hydrogen (secondary N) is 1. The highest BCUT2D eigenvalue weighted by Gasteiger charge is 2.37. The summed E-state index contributed by atoms with van der Waals surface area (Å²) in [6, 6.07) is 6.16. The molecular formula is C18H12F6N2OS. The first-order chi connectivity index (χ1) is 13.0. The standard InChI is InChI=1S/C18H12F6N2OS/c1-2-9-3-4-13-14(5-9)28-16(25-13)26-15(27)10-6-11(17(19,20)21)8-12(7-10)18(22,23)24/h3-8H,2H2,1H3,(H,25,26,27). The second-order valence-electron chi connectivity index (χ2n) is 5.92. The van der Waals surface area contributed by atoms with Gasteiger partial charge in [0.2, 0.25) is 0 Å². The number of rotatable bonds is 3. The van der Waals surface area contributed by atoms with Gasteiger partial charge in [0, 0.05) is 5.56 Å². The van der Waals surface area contributed by atoms with E-state index in [-0.39, 0.29) is 11.2 Å². The first-order valence-electron chi connectivity index (χ1n) is 7.97. The molecule has 0 aliphatic rings. The maximum atomic E-state index is 12.9. The Morgan fingerprint density at radius 1 is 1.00 bits per heavy atom. The molecule has 2 aromatic carbocycles. The van der Waals surface area contributed by atoms with E-state index in [9.17, 15) is 31.1 Å². The SMILES string of the molecule is CCc1ccc2nc(NC(=O)c3cc(C(F)(F)F)cc(C(F)(F)F)c3)sc2c1. The molecule has 0 radical (unpaired) electrons. The van der Waals surface area contributed by atoms with Crippen LogP contribution in [0.5, 0.6) is 0 Å². The zero-order chi connectivity index (χ0) is 20.7. The fourth-order valence-electron chi connectivity index (χ4n) is 2.50. The van der Waals surface area contributed by atoms with E-state index in [4.69, 9.17) is 0 Å². The van der Waals surface area contributed by atoms with Crippen molar-refractivity contribution >= 4 is 32.6 Å². The molecule has 3 aromatic rings. The van der Waals surface area contributed by atoms with Gasteiger partial charge in [-0.2, -0.15) is 26.3 Å². The van der Waals surface area contributed by atoms with Crippen LogP contribution in [-0.2, 0) is 18.8 Å². The predicted molar refractivity (Wildman–Crippen MR) is 93.4 cm³/mol. The van der Waals surface area contributed by atoms with Gasteiger partial charge in [-0.05, 0) is 42.3 Å². The minimum Gasteiger partial charge on any atom is -0.298 e. The number of carbonyl (C=O) groups excluding carboxylic acids is 1. The number of hydrogen-bond acceptors (Lipinski definition) is 3. The molecule has 0 saturated carbocycles. The second-order valence-corrected chi connectivity index (χ2v) is 6.95. The third kappa shape index (κ3) is 4.27. The molecule has 1 amide bonds. The number of aromatic nitrogens is 1. The van der Waals surface area contributed by atoms with Crippen molar-refractivity contribution in [2.75, 3.05) is 5.32 Å². The van der Waals surface area contributed by atoms with Crippen molar-refractivity contribution in [3.05, 3.63) is 58.7 Å². The molecule has 0 atom stereocenters. The number of amides is 1. The van der Waals surface area contributed by atoms with E-state index in [1.54, 1.807) is 6.07 Å². The van der Waals surface area contributed by atoms with Crippen LogP contribution in [0.2, 0.25) is 0 Å². The summed E-state index contributed by atoms with van der Waals surface area (Å²) < 4.78 is 78.3. The summed E-state index contributed by atoms with van der Waals surface area (Å²) >= 11 is 1.08. The van der Waals surface area contributed by atoms with Crippen LogP contribution in [-0.4, -0.2) is 10.9 Å². The van der Waals surface area contributed by atoms with Gasteiger partial charge in [-0.25, -0.2) is 4.98 Å². The lowest BCUT2D eigenvalue weighted by Gasteiger charge is -2.13. The number of hydrogen-bond donors (Lipinski definition) is 1. The van der Waals surface area contributed by atoms with Crippen LogP contribution in [0.3, 0.4) is 0 Å². The van der Waals surface area contributed by atoms with E-state index in [2.05, 4.69) is 10.3 Å². The minimum atomic E-state index is -5.03. The maximum absolute atomic E-state index is 12.9. The van der Waals surface area contributed by atoms with Crippen molar-refractivity contribution in [3.8, 4) is 0 Å². The monoisotopic (exact) mass is 418 g/mol. The van der Waals surface area contributed by atoms with Gasteiger partial charge in [-0.1, -0.05) is 24.3 Å². The minimum absolute atomic E-state index is 0.0270. The Hall–Kier alpha value is -2.62. The molecule has 1 N–H and O–H groups in total. The van der Waals surface area contributed by atoms with Gasteiger partial charge in [-0.15, -0.1) is 0 Å². The molecule has 1 heterocycles. The quantitative estimate of drug-likeness (QED) is 0.519. The Labute approximate surface area is 159 Å². The molecule has 10 heteroatoms. The van der Waals surface area contributed by atoms with Crippen LogP contribution >= 0.6 is 11.3 Å². The summed E-state index contributed by atoms with van der Waals surface area (Å²) in [5, 5.41) is 2.36. The van der Waals surface area contributed by atoms with Crippen molar-refractivity contribution in [2.24, 2.45) is 0 Å². The van der Waals surface area contributed by atoms with Gasteiger partial charge in [0.15, 0.2) is 5.13 Å². The number of halogens is 6. The van der Waals surface area contributed by atoms with Crippen LogP contribution in [0.15, 0.2) is 36.4 Å². The summed E-state index contributed by atoms with van der Waals surface area (Å²) in [6.45, 7) is 1.96. The fourth-order valence-corrected chi connectivity index (χ4v) is 3.42. The largest absolute Gasteiger partial charge is 0.416 e. The molecule has 0 unspecified atom stereocenters. The molecule has 0 aliphatic heterocycles. The highest BCUT2D eigenvalue weighted by atomic mass is 32.1. The van der Waals surface area contributed by atoms with Gasteiger partial charge >= 0.3 is 12.4 Å². The number of carbonyl (C=O) groups is 1. The van der Waals surface area contributed by atoms with Crippen LogP contribution in [0.4, 0.5) is 31.5 Å². The highest BCUT2D eigenvalue weighted by Crippen LogP contribution is 2.36. The first kappa shape index (κ1) is 20.1. The van der Waals surface area contributed by atoms with Crippen molar-refractivity contribution in [1.82, 2.24) is 4.98 Å². The third-order valence-corrected chi connectivity index (χ3v) is 4.87. The smallest absolute Gasteiger partial charge is 0.298 e. The fraction of sp³-hybridized carbons (Fsp3) is 0.222. The van der Waals surface area contributed by atoms with E-state index in [1.165, 1.54) is 0 Å². The lowest BCUT2D eigenvalue weighted by Crippen LogP contribution is -2.17. The van der Waals surface area contributed by atoms with Crippen LogP contribution < -0.4 is 5.32 Å². The Bertz CT molecular complexity index is 1010. The Balaban J connectivity index is 1.95. The molecule has 0 fully saturated rings. The molecule has 0 spiro atoms. The first-order valence-corrected chi connectivity index (χ1v) is 8.79. The van der Waals surface area contributed by atoms with Crippen molar-refractivity contribution in [2.45, 2.75) is 25.7 Å². The van der Waals surface area contributed by atoms with Crippen LogP contribution in [0, 0.1) is 0 Å². The number of benzene rings is 2. The van der Waals surface area contributed by atoms with Gasteiger partial charge < -0.3 is 0 Å².